The van der Waals surface area contributed by atoms with Crippen molar-refractivity contribution in [2.75, 3.05) is 19.8 Å². The first kappa shape index (κ1) is 12.0. The number of ether oxygens (including phenoxy) is 2. The van der Waals surface area contributed by atoms with Crippen molar-refractivity contribution in [2.45, 2.75) is 37.5 Å². The van der Waals surface area contributed by atoms with Crippen molar-refractivity contribution in [2.24, 2.45) is 5.73 Å². The molecular weight excluding hydrogens is 306 g/mol. The third-order valence-electron chi connectivity index (χ3n) is 4.97. The summed E-state index contributed by atoms with van der Waals surface area (Å²) in [6.07, 6.45) is 5.61. The zero-order valence-electron chi connectivity index (χ0n) is 10.9. The van der Waals surface area contributed by atoms with Crippen LogP contribution in [0.1, 0.15) is 36.0 Å². The molecule has 2 N–H and O–H groups in total. The summed E-state index contributed by atoms with van der Waals surface area (Å²) in [6, 6.07) is 0. The van der Waals surface area contributed by atoms with Gasteiger partial charge in [-0.1, -0.05) is 6.42 Å². The quantitative estimate of drug-likeness (QED) is 0.910. The third kappa shape index (κ3) is 1.47. The van der Waals surface area contributed by atoms with Crippen LogP contribution in [-0.4, -0.2) is 19.8 Å². The predicted molar refractivity (Wildman–Crippen MR) is 77.1 cm³/mol. The highest BCUT2D eigenvalue weighted by atomic mass is 79.9. The first-order valence-corrected chi connectivity index (χ1v) is 7.89. The fourth-order valence-electron chi connectivity index (χ4n) is 3.77. The highest BCUT2D eigenvalue weighted by Crippen LogP contribution is 2.55. The first-order chi connectivity index (χ1) is 9.27. The molecule has 102 valence electrons. The summed E-state index contributed by atoms with van der Waals surface area (Å²) in [6.45, 7) is 2.28. The van der Waals surface area contributed by atoms with Gasteiger partial charge >= 0.3 is 0 Å². The zero-order valence-corrected chi connectivity index (χ0v) is 12.5. The average Bonchev–Trinajstić information content (AvgIpc) is 3.01. The van der Waals surface area contributed by atoms with Crippen LogP contribution in [0.25, 0.3) is 0 Å². The summed E-state index contributed by atoms with van der Waals surface area (Å²) in [7, 11) is 0. The third-order valence-corrected chi connectivity index (χ3v) is 5.81. The Balaban J connectivity index is 2.00. The summed E-state index contributed by atoms with van der Waals surface area (Å²) in [5, 5.41) is 0. The SMILES string of the molecule is NCC1(c2c3c(c(Br)c4c2OCC4)OCC3)CCC1. The Labute approximate surface area is 121 Å². The lowest BCUT2D eigenvalue weighted by Gasteiger charge is -2.43. The van der Waals surface area contributed by atoms with Crippen molar-refractivity contribution >= 4 is 15.9 Å². The number of nitrogens with two attached hydrogens (primary N) is 1. The Morgan fingerprint density at radius 3 is 2.37 bits per heavy atom. The van der Waals surface area contributed by atoms with Gasteiger partial charge < -0.3 is 15.2 Å². The van der Waals surface area contributed by atoms with Crippen molar-refractivity contribution in [3.05, 3.63) is 21.2 Å². The van der Waals surface area contributed by atoms with E-state index in [9.17, 15) is 0 Å². The monoisotopic (exact) mass is 323 g/mol. The fourth-order valence-corrected chi connectivity index (χ4v) is 4.51. The van der Waals surface area contributed by atoms with Gasteiger partial charge in [-0.25, -0.2) is 0 Å². The second-order valence-corrected chi connectivity index (χ2v) is 6.63. The molecule has 2 aliphatic heterocycles. The van der Waals surface area contributed by atoms with E-state index in [0.717, 1.165) is 48.6 Å². The summed E-state index contributed by atoms with van der Waals surface area (Å²) in [5.41, 5.74) is 10.3. The molecule has 4 heteroatoms. The van der Waals surface area contributed by atoms with E-state index in [0.29, 0.717) is 0 Å². The minimum atomic E-state index is 0.146. The first-order valence-electron chi connectivity index (χ1n) is 7.10. The minimum Gasteiger partial charge on any atom is -0.493 e. The van der Waals surface area contributed by atoms with E-state index in [4.69, 9.17) is 15.2 Å². The Morgan fingerprint density at radius 2 is 1.74 bits per heavy atom. The zero-order chi connectivity index (χ0) is 13.0. The molecule has 1 aromatic rings. The van der Waals surface area contributed by atoms with Crippen LogP contribution < -0.4 is 15.2 Å². The molecule has 0 unspecified atom stereocenters. The van der Waals surface area contributed by atoms with Gasteiger partial charge in [-0.3, -0.25) is 0 Å². The van der Waals surface area contributed by atoms with Crippen LogP contribution in [0.4, 0.5) is 0 Å². The van der Waals surface area contributed by atoms with Crippen molar-refractivity contribution in [1.82, 2.24) is 0 Å². The standard InChI is InChI=1S/C15H18BrNO2/c16-12-10-3-7-18-13(10)11(9-2-6-19-14(9)12)15(8-17)4-1-5-15/h1-8,17H2. The summed E-state index contributed by atoms with van der Waals surface area (Å²) in [4.78, 5) is 0. The van der Waals surface area contributed by atoms with Crippen molar-refractivity contribution < 1.29 is 9.47 Å². The van der Waals surface area contributed by atoms with E-state index >= 15 is 0 Å². The van der Waals surface area contributed by atoms with Crippen molar-refractivity contribution in [1.29, 1.82) is 0 Å². The Morgan fingerprint density at radius 1 is 1.05 bits per heavy atom. The van der Waals surface area contributed by atoms with Gasteiger partial charge in [0.25, 0.3) is 0 Å². The van der Waals surface area contributed by atoms with Gasteiger partial charge in [0, 0.05) is 41.5 Å². The van der Waals surface area contributed by atoms with Crippen LogP contribution in [0.15, 0.2) is 4.47 Å². The van der Waals surface area contributed by atoms with E-state index < -0.39 is 0 Å². The molecule has 1 fully saturated rings. The molecule has 0 aromatic heterocycles. The molecule has 0 spiro atoms. The second-order valence-electron chi connectivity index (χ2n) is 5.84. The second kappa shape index (κ2) is 4.13. The number of benzene rings is 1. The maximum atomic E-state index is 6.12. The molecule has 1 aliphatic carbocycles. The maximum absolute atomic E-state index is 6.12. The van der Waals surface area contributed by atoms with E-state index in [1.54, 1.807) is 0 Å². The minimum absolute atomic E-state index is 0.146. The number of hydrogen-bond acceptors (Lipinski definition) is 3. The predicted octanol–water partition coefficient (Wildman–Crippen LogP) is 2.70. The van der Waals surface area contributed by atoms with Crippen LogP contribution in [-0.2, 0) is 18.3 Å². The molecule has 1 aromatic carbocycles. The summed E-state index contributed by atoms with van der Waals surface area (Å²) >= 11 is 3.71. The molecule has 0 radical (unpaired) electrons. The number of rotatable bonds is 2. The molecule has 2 heterocycles. The summed E-state index contributed by atoms with van der Waals surface area (Å²) in [5.74, 6) is 2.17. The number of halogens is 1. The number of fused-ring (bicyclic) bond motifs is 2. The molecule has 4 rings (SSSR count). The van der Waals surface area contributed by atoms with Gasteiger partial charge in [-0.15, -0.1) is 0 Å². The topological polar surface area (TPSA) is 44.5 Å². The highest BCUT2D eigenvalue weighted by Gasteiger charge is 2.45. The molecule has 0 bridgehead atoms. The van der Waals surface area contributed by atoms with Gasteiger partial charge in [0.05, 0.1) is 17.7 Å². The van der Waals surface area contributed by atoms with Gasteiger partial charge in [0.2, 0.25) is 0 Å². The molecular formula is C15H18BrNO2. The highest BCUT2D eigenvalue weighted by molar-refractivity contribution is 9.10. The normalized spacial score (nSPS) is 22.2. The van der Waals surface area contributed by atoms with E-state index in [-0.39, 0.29) is 5.41 Å². The molecule has 0 atom stereocenters. The molecule has 0 amide bonds. The van der Waals surface area contributed by atoms with Gasteiger partial charge in [-0.2, -0.15) is 0 Å². The van der Waals surface area contributed by atoms with E-state index in [1.165, 1.54) is 36.0 Å². The molecule has 0 saturated heterocycles. The van der Waals surface area contributed by atoms with Crippen LogP contribution in [0.3, 0.4) is 0 Å². The van der Waals surface area contributed by atoms with Crippen LogP contribution in [0.2, 0.25) is 0 Å². The lowest BCUT2D eigenvalue weighted by atomic mass is 9.62. The Kier molecular flexibility index (Phi) is 2.61. The Bertz CT molecular complexity index is 511. The lowest BCUT2D eigenvalue weighted by molar-refractivity contribution is 0.239. The van der Waals surface area contributed by atoms with Gasteiger partial charge in [0.15, 0.2) is 0 Å². The molecule has 1 saturated carbocycles. The molecule has 3 nitrogen and oxygen atoms in total. The maximum Gasteiger partial charge on any atom is 0.137 e. The van der Waals surface area contributed by atoms with E-state index in [2.05, 4.69) is 15.9 Å². The molecule has 19 heavy (non-hydrogen) atoms. The van der Waals surface area contributed by atoms with Crippen molar-refractivity contribution in [3.63, 3.8) is 0 Å². The van der Waals surface area contributed by atoms with Gasteiger partial charge in [-0.05, 0) is 28.8 Å². The average molecular weight is 324 g/mol. The van der Waals surface area contributed by atoms with Crippen LogP contribution >= 0.6 is 15.9 Å². The smallest absolute Gasteiger partial charge is 0.137 e. The lowest BCUT2D eigenvalue weighted by Crippen LogP contribution is -2.42. The summed E-state index contributed by atoms with van der Waals surface area (Å²) < 4.78 is 13.0. The van der Waals surface area contributed by atoms with Crippen LogP contribution in [0, 0.1) is 0 Å². The fraction of sp³-hybridized carbons (Fsp3) is 0.600. The van der Waals surface area contributed by atoms with Crippen molar-refractivity contribution in [3.8, 4) is 11.5 Å². The van der Waals surface area contributed by atoms with E-state index in [1.807, 2.05) is 0 Å². The number of hydrogen-bond donors (Lipinski definition) is 1. The van der Waals surface area contributed by atoms with Gasteiger partial charge in [0.1, 0.15) is 11.5 Å². The largest absolute Gasteiger partial charge is 0.493 e. The molecule has 3 aliphatic rings. The van der Waals surface area contributed by atoms with Crippen LogP contribution in [0.5, 0.6) is 11.5 Å². The Hall–Kier alpha value is -0.740.